The van der Waals surface area contributed by atoms with Gasteiger partial charge in [-0.2, -0.15) is 26.3 Å². The van der Waals surface area contributed by atoms with Crippen molar-refractivity contribution in [1.82, 2.24) is 20.4 Å². The van der Waals surface area contributed by atoms with Crippen LogP contribution in [0.3, 0.4) is 0 Å². The molecule has 4 atom stereocenters. The molecule has 0 spiro atoms. The molecule has 3 amide bonds. The van der Waals surface area contributed by atoms with E-state index in [1.165, 1.54) is 11.9 Å². The molecule has 2 N–H and O–H groups in total. The van der Waals surface area contributed by atoms with Crippen LogP contribution in [-0.4, -0.2) is 98.7 Å². The number of nitrogens with zero attached hydrogens (tertiary/aromatic N) is 4. The fourth-order valence-electron chi connectivity index (χ4n) is 6.05. The van der Waals surface area contributed by atoms with Gasteiger partial charge in [0.1, 0.15) is 0 Å². The molecule has 2 aliphatic rings. The highest BCUT2D eigenvalue weighted by Gasteiger charge is 2.42. The third-order valence-corrected chi connectivity index (χ3v) is 8.76. The van der Waals surface area contributed by atoms with E-state index in [2.05, 4.69) is 15.6 Å². The summed E-state index contributed by atoms with van der Waals surface area (Å²) in [6.07, 6.45) is -15.3. The summed E-state index contributed by atoms with van der Waals surface area (Å²) in [5.41, 5.74) is 1.90. The molecule has 2 aromatic carbocycles. The van der Waals surface area contributed by atoms with Crippen molar-refractivity contribution in [3.63, 3.8) is 0 Å². The highest BCUT2D eigenvalue weighted by atomic mass is 19.4. The van der Waals surface area contributed by atoms with E-state index in [1.54, 1.807) is 54.6 Å². The fourth-order valence-corrected chi connectivity index (χ4v) is 6.05. The van der Waals surface area contributed by atoms with Crippen molar-refractivity contribution in [1.29, 1.82) is 0 Å². The molecule has 9 nitrogen and oxygen atoms in total. The van der Waals surface area contributed by atoms with Crippen LogP contribution in [0.2, 0.25) is 0 Å². The smallest absolute Gasteiger partial charge is 0.343 e. The van der Waals surface area contributed by atoms with Crippen LogP contribution in [0.1, 0.15) is 43.2 Å². The summed E-state index contributed by atoms with van der Waals surface area (Å²) in [6.45, 7) is 1.11. The zero-order valence-electron chi connectivity index (χ0n) is 26.9. The lowest BCUT2D eigenvalue weighted by atomic mass is 9.83. The minimum atomic E-state index is -4.76. The molecule has 2 heterocycles. The second-order valence-electron chi connectivity index (χ2n) is 12.4. The van der Waals surface area contributed by atoms with Crippen molar-refractivity contribution >= 4 is 29.1 Å². The largest absolute Gasteiger partial charge is 0.389 e. The second-order valence-corrected chi connectivity index (χ2v) is 12.4. The van der Waals surface area contributed by atoms with Gasteiger partial charge < -0.3 is 20.4 Å². The van der Waals surface area contributed by atoms with Gasteiger partial charge >= 0.3 is 12.4 Å². The molecule has 0 aliphatic carbocycles. The van der Waals surface area contributed by atoms with Gasteiger partial charge in [0, 0.05) is 62.0 Å². The van der Waals surface area contributed by atoms with Crippen molar-refractivity contribution in [2.45, 2.75) is 56.7 Å². The summed E-state index contributed by atoms with van der Waals surface area (Å²) in [4.78, 5) is 50.6. The van der Waals surface area contributed by atoms with Crippen LogP contribution >= 0.6 is 0 Å². The Kier molecular flexibility index (Phi) is 11.9. The van der Waals surface area contributed by atoms with Crippen molar-refractivity contribution in [2.24, 2.45) is 16.8 Å². The van der Waals surface area contributed by atoms with Crippen LogP contribution in [0, 0.1) is 11.8 Å². The Morgan fingerprint density at radius 2 is 1.50 bits per heavy atom. The molecule has 15 heteroatoms. The zero-order chi connectivity index (χ0) is 35.2. The van der Waals surface area contributed by atoms with Gasteiger partial charge in [-0.3, -0.25) is 19.3 Å². The lowest BCUT2D eigenvalue weighted by Gasteiger charge is -2.29. The first-order valence-electron chi connectivity index (χ1n) is 15.6. The highest BCUT2D eigenvalue weighted by molar-refractivity contribution is 6.20. The van der Waals surface area contributed by atoms with E-state index in [-0.39, 0.29) is 12.7 Å². The Morgan fingerprint density at radius 3 is 2.08 bits per heavy atom. The Labute approximate surface area is 275 Å². The summed E-state index contributed by atoms with van der Waals surface area (Å²) in [6, 6.07) is 15.7. The van der Waals surface area contributed by atoms with E-state index in [0.717, 1.165) is 6.42 Å². The molecule has 262 valence electrons. The first-order valence-corrected chi connectivity index (χ1v) is 15.6. The minimum absolute atomic E-state index is 0.0474. The Bertz CT molecular complexity index is 1470. The highest BCUT2D eigenvalue weighted by Crippen LogP contribution is 2.34. The number of benzene rings is 2. The number of likely N-dealkylation sites (tertiary alicyclic amines) is 1. The molecule has 0 radical (unpaired) electrons. The van der Waals surface area contributed by atoms with Crippen molar-refractivity contribution in [3.05, 3.63) is 65.7 Å². The maximum Gasteiger partial charge on any atom is 0.389 e. The second kappa shape index (κ2) is 15.5. The van der Waals surface area contributed by atoms with Crippen LogP contribution in [-0.2, 0) is 14.4 Å². The number of carbonyl (C=O) groups excluding carboxylic acids is 3. The predicted molar refractivity (Wildman–Crippen MR) is 168 cm³/mol. The number of aliphatic imine (C=N–C) groups is 1. The number of alkyl halides is 6. The lowest BCUT2D eigenvalue weighted by molar-refractivity contribution is -0.153. The maximum absolute atomic E-state index is 13.9. The SMILES string of the molecule is CN1C(=O)[C@@H](NC(=O)[C@H](CCC(F)(F)F)[C@H](CCC(F)(F)F)C(=O)NCN2CCC(N(C)C)C2)N=C(c2ccccc2)c2ccccc21. The molecule has 1 saturated heterocycles. The molecule has 2 aromatic rings. The monoisotopic (exact) mass is 682 g/mol. The van der Waals surface area contributed by atoms with E-state index in [1.807, 2.05) is 23.9 Å². The van der Waals surface area contributed by atoms with Gasteiger partial charge in [-0.15, -0.1) is 0 Å². The third-order valence-electron chi connectivity index (χ3n) is 8.76. The summed E-state index contributed by atoms with van der Waals surface area (Å²) < 4.78 is 80.7. The van der Waals surface area contributed by atoms with Crippen LogP contribution in [0.25, 0.3) is 0 Å². The van der Waals surface area contributed by atoms with Gasteiger partial charge in [0.05, 0.1) is 18.1 Å². The number of anilines is 1. The number of hydrogen-bond donors (Lipinski definition) is 2. The van der Waals surface area contributed by atoms with Crippen molar-refractivity contribution < 1.29 is 40.7 Å². The van der Waals surface area contributed by atoms with E-state index in [0.29, 0.717) is 35.6 Å². The van der Waals surface area contributed by atoms with Crippen LogP contribution in [0.5, 0.6) is 0 Å². The summed E-state index contributed by atoms with van der Waals surface area (Å²) in [5.74, 6) is -6.49. The Hall–Kier alpha value is -3.98. The van der Waals surface area contributed by atoms with E-state index < -0.39 is 73.8 Å². The average Bonchev–Trinajstić information content (AvgIpc) is 3.48. The molecular weight excluding hydrogens is 642 g/mol. The molecule has 1 fully saturated rings. The zero-order valence-corrected chi connectivity index (χ0v) is 26.9. The molecular formula is C33H40F6N6O3. The summed E-state index contributed by atoms with van der Waals surface area (Å²) in [7, 11) is 5.24. The number of hydrogen-bond acceptors (Lipinski definition) is 6. The molecule has 0 bridgehead atoms. The molecule has 48 heavy (non-hydrogen) atoms. The number of fused-ring (bicyclic) bond motifs is 1. The number of carbonyl (C=O) groups is 3. The van der Waals surface area contributed by atoms with Gasteiger partial charge in [0.2, 0.25) is 18.0 Å². The molecule has 0 aromatic heterocycles. The van der Waals surface area contributed by atoms with Crippen LogP contribution < -0.4 is 15.5 Å². The number of nitrogens with one attached hydrogen (secondary N) is 2. The van der Waals surface area contributed by atoms with Crippen molar-refractivity contribution in [3.8, 4) is 0 Å². The van der Waals surface area contributed by atoms with Gasteiger partial charge in [0.15, 0.2) is 0 Å². The third kappa shape index (κ3) is 9.78. The van der Waals surface area contributed by atoms with E-state index in [4.69, 9.17) is 0 Å². The topological polar surface area (TPSA) is 97.3 Å². The van der Waals surface area contributed by atoms with Gasteiger partial charge in [-0.1, -0.05) is 48.5 Å². The number of likely N-dealkylation sites (N-methyl/N-ethyl adjacent to an activating group) is 2. The molecule has 2 aliphatic heterocycles. The molecule has 4 rings (SSSR count). The Balaban J connectivity index is 1.65. The van der Waals surface area contributed by atoms with Gasteiger partial charge in [-0.05, 0) is 39.4 Å². The maximum atomic E-state index is 13.9. The first-order chi connectivity index (χ1) is 22.5. The van der Waals surface area contributed by atoms with Gasteiger partial charge in [-0.25, -0.2) is 4.99 Å². The Morgan fingerprint density at radius 1 is 0.917 bits per heavy atom. The van der Waals surface area contributed by atoms with Gasteiger partial charge in [0.25, 0.3) is 5.91 Å². The number of rotatable bonds is 12. The minimum Gasteiger partial charge on any atom is -0.343 e. The number of para-hydroxylation sites is 1. The lowest BCUT2D eigenvalue weighted by Crippen LogP contribution is -2.51. The number of amides is 3. The van der Waals surface area contributed by atoms with E-state index in [9.17, 15) is 40.7 Å². The first kappa shape index (κ1) is 36.8. The number of halogens is 6. The molecule has 1 unspecified atom stereocenters. The predicted octanol–water partition coefficient (Wildman–Crippen LogP) is 4.57. The molecule has 0 saturated carbocycles. The van der Waals surface area contributed by atoms with E-state index >= 15 is 0 Å². The average molecular weight is 683 g/mol. The quantitative estimate of drug-likeness (QED) is 0.320. The van der Waals surface area contributed by atoms with Crippen LogP contribution in [0.15, 0.2) is 59.6 Å². The number of benzodiazepines with no additional fused rings is 1. The fraction of sp³-hybridized carbons (Fsp3) is 0.515. The standard InChI is InChI=1S/C33H40F6N6O3/c1-43(2)22-15-18-45(19-22)20-40-29(46)23(13-16-32(34,35)36)24(14-17-33(37,38)39)30(47)42-28-31(48)44(3)26-12-8-7-11-25(26)27(41-28)21-9-5-4-6-10-21/h4-12,22-24,28H,13-20H2,1-3H3,(H,40,46)(H,42,47)/t22?,23-,24+,28+/m0/s1. The summed E-state index contributed by atoms with van der Waals surface area (Å²) in [5, 5.41) is 4.96. The van der Waals surface area contributed by atoms with Crippen LogP contribution in [0.4, 0.5) is 32.0 Å². The normalized spacial score (nSPS) is 20.2. The van der Waals surface area contributed by atoms with Crippen molar-refractivity contribution in [2.75, 3.05) is 45.8 Å². The summed E-state index contributed by atoms with van der Waals surface area (Å²) >= 11 is 0.